The summed E-state index contributed by atoms with van der Waals surface area (Å²) in [6.07, 6.45) is 15.3. The van der Waals surface area contributed by atoms with Crippen LogP contribution in [0.3, 0.4) is 0 Å². The van der Waals surface area contributed by atoms with E-state index in [2.05, 4.69) is 0 Å². The minimum Gasteiger partial charge on any atom is -0.490 e. The quantitative estimate of drug-likeness (QED) is 0.251. The molecule has 8 fully saturated rings. The molecule has 2 nitrogen and oxygen atoms in total. The summed E-state index contributed by atoms with van der Waals surface area (Å²) in [5.41, 5.74) is 0.337. The van der Waals surface area contributed by atoms with E-state index in [-0.39, 0.29) is 22.3 Å². The fraction of sp³-hybridized carbons (Fsp3) is 0.647. The van der Waals surface area contributed by atoms with Gasteiger partial charge in [0.2, 0.25) is 0 Å². The molecule has 8 aliphatic rings. The summed E-state index contributed by atoms with van der Waals surface area (Å²) in [5, 5.41) is 0.817. The highest BCUT2D eigenvalue weighted by Crippen LogP contribution is 2.61. The van der Waals surface area contributed by atoms with Crippen molar-refractivity contribution in [1.82, 2.24) is 0 Å². The Hall–Kier alpha value is -0.820. The number of halogens is 4. The molecule has 42 heavy (non-hydrogen) atoms. The van der Waals surface area contributed by atoms with E-state index in [1.165, 1.54) is 77.0 Å². The van der Waals surface area contributed by atoms with Gasteiger partial charge in [-0.2, -0.15) is 0 Å². The van der Waals surface area contributed by atoms with Gasteiger partial charge in [-0.1, -0.05) is 23.2 Å². The van der Waals surface area contributed by atoms with Crippen LogP contribution in [0.2, 0.25) is 10.0 Å². The molecule has 226 valence electrons. The van der Waals surface area contributed by atoms with Crippen molar-refractivity contribution in [2.24, 2.45) is 46.3 Å². The van der Waals surface area contributed by atoms with E-state index in [0.29, 0.717) is 33.0 Å². The highest BCUT2D eigenvalue weighted by Gasteiger charge is 2.52. The van der Waals surface area contributed by atoms with E-state index in [1.807, 2.05) is 0 Å². The van der Waals surface area contributed by atoms with Crippen molar-refractivity contribution < 1.29 is 18.3 Å². The lowest BCUT2D eigenvalue weighted by Gasteiger charge is -2.56. The third-order valence-electron chi connectivity index (χ3n) is 11.6. The van der Waals surface area contributed by atoms with Crippen LogP contribution >= 0.6 is 44.8 Å². The van der Waals surface area contributed by atoms with Gasteiger partial charge in [-0.25, -0.2) is 8.78 Å². The van der Waals surface area contributed by atoms with E-state index in [1.54, 1.807) is 24.3 Å². The summed E-state index contributed by atoms with van der Waals surface area (Å²) in [4.78, 5) is 0.645. The Labute approximate surface area is 265 Å². The second-order valence-electron chi connectivity index (χ2n) is 15.0. The summed E-state index contributed by atoms with van der Waals surface area (Å²) in [6.45, 7) is 1.08. The van der Waals surface area contributed by atoms with Crippen LogP contribution < -0.4 is 9.47 Å². The zero-order valence-electron chi connectivity index (χ0n) is 23.8. The number of rotatable bonds is 9. The number of ether oxygens (including phenoxy) is 2. The maximum absolute atomic E-state index is 15.7. The first-order chi connectivity index (χ1) is 20.2. The average Bonchev–Trinajstić information content (AvgIpc) is 2.92. The molecule has 0 heterocycles. The van der Waals surface area contributed by atoms with Crippen molar-refractivity contribution in [2.45, 2.75) is 86.8 Å². The molecule has 8 aliphatic carbocycles. The maximum Gasteiger partial charge on any atom is 0.179 e. The summed E-state index contributed by atoms with van der Waals surface area (Å²) in [5.74, 6) is 4.33. The first-order valence-electron chi connectivity index (χ1n) is 15.8. The molecule has 8 heteroatoms. The molecule has 2 aromatic carbocycles. The van der Waals surface area contributed by atoms with Gasteiger partial charge >= 0.3 is 0 Å². The van der Waals surface area contributed by atoms with Crippen LogP contribution in [0, 0.1) is 58.0 Å². The van der Waals surface area contributed by atoms with Gasteiger partial charge in [-0.3, -0.25) is 0 Å². The third kappa shape index (κ3) is 5.47. The largest absolute Gasteiger partial charge is 0.490 e. The first kappa shape index (κ1) is 28.6. The SMILES string of the molecule is Fc1c(OCC23CC4CC(CC(C4)C2)C3)cc(Cl)cc1SSc1cc(Cl)cc(OCC23CC4CC(CC(C4)C2)C3)c1F. The topological polar surface area (TPSA) is 18.5 Å². The molecule has 0 aliphatic heterocycles. The Bertz CT molecular complexity index is 1210. The lowest BCUT2D eigenvalue weighted by molar-refractivity contribution is -0.0751. The Kier molecular flexibility index (Phi) is 7.44. The molecular weight excluding hydrogens is 613 g/mol. The van der Waals surface area contributed by atoms with Gasteiger partial charge in [-0.05, 0) is 146 Å². The van der Waals surface area contributed by atoms with E-state index >= 15 is 8.78 Å². The Morgan fingerprint density at radius 1 is 0.571 bits per heavy atom. The van der Waals surface area contributed by atoms with Crippen LogP contribution in [-0.2, 0) is 0 Å². The van der Waals surface area contributed by atoms with Gasteiger partial charge in [0.25, 0.3) is 0 Å². The van der Waals surface area contributed by atoms with Crippen LogP contribution in [0.4, 0.5) is 8.78 Å². The fourth-order valence-corrected chi connectivity index (χ4v) is 13.6. The van der Waals surface area contributed by atoms with Crippen molar-refractivity contribution in [3.63, 3.8) is 0 Å². The van der Waals surface area contributed by atoms with E-state index in [0.717, 1.165) is 57.1 Å². The van der Waals surface area contributed by atoms with Crippen molar-refractivity contribution in [1.29, 1.82) is 0 Å². The minimum absolute atomic E-state index is 0.169. The van der Waals surface area contributed by atoms with Gasteiger partial charge in [-0.15, -0.1) is 0 Å². The molecule has 0 aromatic heterocycles. The van der Waals surface area contributed by atoms with Gasteiger partial charge < -0.3 is 9.47 Å². The van der Waals surface area contributed by atoms with Crippen LogP contribution in [0.25, 0.3) is 0 Å². The highest BCUT2D eigenvalue weighted by molar-refractivity contribution is 8.76. The van der Waals surface area contributed by atoms with Crippen LogP contribution in [0.1, 0.15) is 77.0 Å². The molecule has 8 saturated carbocycles. The Balaban J connectivity index is 0.946. The van der Waals surface area contributed by atoms with Crippen LogP contribution in [-0.4, -0.2) is 13.2 Å². The van der Waals surface area contributed by atoms with Crippen LogP contribution in [0.5, 0.6) is 11.5 Å². The predicted octanol–water partition coefficient (Wildman–Crippen LogP) is 11.3. The third-order valence-corrected chi connectivity index (χ3v) is 14.4. The smallest absolute Gasteiger partial charge is 0.179 e. The number of hydrogen-bond acceptors (Lipinski definition) is 4. The fourth-order valence-electron chi connectivity index (χ4n) is 10.9. The lowest BCUT2D eigenvalue weighted by atomic mass is 9.50. The minimum atomic E-state index is -0.442. The van der Waals surface area contributed by atoms with Crippen molar-refractivity contribution >= 4 is 44.8 Å². The predicted molar refractivity (Wildman–Crippen MR) is 167 cm³/mol. The van der Waals surface area contributed by atoms with E-state index in [4.69, 9.17) is 32.7 Å². The Morgan fingerprint density at radius 3 is 1.19 bits per heavy atom. The molecular formula is C34H38Cl2F2O2S2. The monoisotopic (exact) mass is 650 g/mol. The zero-order valence-corrected chi connectivity index (χ0v) is 27.0. The Morgan fingerprint density at radius 2 is 0.881 bits per heavy atom. The molecule has 0 saturated heterocycles. The van der Waals surface area contributed by atoms with Gasteiger partial charge in [0, 0.05) is 33.0 Å². The van der Waals surface area contributed by atoms with Gasteiger partial charge in [0.1, 0.15) is 0 Å². The summed E-state index contributed by atoms with van der Waals surface area (Å²) in [7, 11) is 2.27. The van der Waals surface area contributed by atoms with Gasteiger partial charge in [0.15, 0.2) is 23.1 Å². The standard InChI is InChI=1S/C34H38Cl2F2O2S2/c35-25-7-27(39-17-33-11-19-1-20(12-33)3-21(2-19)13-33)31(37)29(9-25)41-42-30-10-26(36)8-28(32(30)38)40-18-34-14-22-4-23(15-34)6-24(5-22)16-34/h7-10,19-24H,1-6,11-18H2. The lowest BCUT2D eigenvalue weighted by Crippen LogP contribution is -2.48. The highest BCUT2D eigenvalue weighted by atomic mass is 35.5. The van der Waals surface area contributed by atoms with Crippen LogP contribution in [0.15, 0.2) is 34.1 Å². The molecule has 0 spiro atoms. The molecule has 0 atom stereocenters. The molecule has 2 aromatic rings. The van der Waals surface area contributed by atoms with E-state index < -0.39 is 11.6 Å². The summed E-state index contributed by atoms with van der Waals surface area (Å²) in [6, 6.07) is 6.31. The maximum atomic E-state index is 15.7. The molecule has 0 N–H and O–H groups in total. The number of benzene rings is 2. The zero-order chi connectivity index (χ0) is 28.6. The number of hydrogen-bond donors (Lipinski definition) is 0. The molecule has 0 unspecified atom stereocenters. The van der Waals surface area contributed by atoms with E-state index in [9.17, 15) is 0 Å². The van der Waals surface area contributed by atoms with Gasteiger partial charge in [0.05, 0.1) is 23.0 Å². The normalized spacial score (nSPS) is 37.4. The van der Waals surface area contributed by atoms with Crippen molar-refractivity contribution in [2.75, 3.05) is 13.2 Å². The molecule has 10 rings (SSSR count). The van der Waals surface area contributed by atoms with Crippen molar-refractivity contribution in [3.05, 3.63) is 45.9 Å². The summed E-state index contributed by atoms with van der Waals surface area (Å²) < 4.78 is 43.8. The average molecular weight is 652 g/mol. The first-order valence-corrected chi connectivity index (χ1v) is 18.7. The second kappa shape index (κ2) is 10.9. The molecule has 8 bridgehead atoms. The summed E-state index contributed by atoms with van der Waals surface area (Å²) >= 11 is 12.9. The molecule has 0 amide bonds. The molecule has 0 radical (unpaired) electrons. The van der Waals surface area contributed by atoms with Crippen molar-refractivity contribution in [3.8, 4) is 11.5 Å². The second-order valence-corrected chi connectivity index (χ2v) is 18.1.